The molecule has 2 fully saturated rings. The van der Waals surface area contributed by atoms with Crippen molar-refractivity contribution in [3.05, 3.63) is 59.9 Å². The van der Waals surface area contributed by atoms with Crippen molar-refractivity contribution >= 4 is 22.9 Å². The van der Waals surface area contributed by atoms with Gasteiger partial charge in [-0.2, -0.15) is 0 Å². The van der Waals surface area contributed by atoms with Gasteiger partial charge < -0.3 is 10.1 Å². The van der Waals surface area contributed by atoms with E-state index >= 15 is 0 Å². The Bertz CT molecular complexity index is 820. The largest absolute Gasteiger partial charge is 0.491 e. The molecule has 2 saturated heterocycles. The van der Waals surface area contributed by atoms with Crippen LogP contribution in [-0.2, 0) is 16.8 Å². The maximum atomic E-state index is 11.7. The number of thioether (sulfide) groups is 1. The topological polar surface area (TPSA) is 80.3 Å². The molecule has 2 N–H and O–H groups in total. The van der Waals surface area contributed by atoms with Crippen LogP contribution in [0.3, 0.4) is 0 Å². The van der Waals surface area contributed by atoms with Crippen molar-refractivity contribution in [1.29, 1.82) is 0 Å². The minimum Gasteiger partial charge on any atom is -0.491 e. The molecule has 4 rings (SSSR count). The molecule has 3 heterocycles. The first kappa shape index (κ1) is 18.0. The Labute approximate surface area is 162 Å². The van der Waals surface area contributed by atoms with Gasteiger partial charge in [-0.05, 0) is 55.6 Å². The zero-order valence-corrected chi connectivity index (χ0v) is 15.6. The quantitative estimate of drug-likeness (QED) is 0.798. The molecule has 0 bridgehead atoms. The van der Waals surface area contributed by atoms with E-state index in [4.69, 9.17) is 4.74 Å². The van der Waals surface area contributed by atoms with Crippen LogP contribution >= 0.6 is 11.8 Å². The van der Waals surface area contributed by atoms with Crippen molar-refractivity contribution < 1.29 is 14.3 Å². The van der Waals surface area contributed by atoms with Crippen LogP contribution < -0.4 is 15.4 Å². The minimum atomic E-state index is -0.348. The summed E-state index contributed by atoms with van der Waals surface area (Å²) in [5.41, 5.74) is 1.76. The summed E-state index contributed by atoms with van der Waals surface area (Å²) < 4.78 is 6.07. The fourth-order valence-corrected chi connectivity index (χ4v) is 4.40. The van der Waals surface area contributed by atoms with Gasteiger partial charge in [0, 0.05) is 6.20 Å². The smallest absolute Gasteiger partial charge is 0.286 e. The normalized spacial score (nSPS) is 24.8. The maximum absolute atomic E-state index is 11.7. The van der Waals surface area contributed by atoms with Crippen molar-refractivity contribution in [2.24, 2.45) is 0 Å². The fraction of sp³-hybridized carbons (Fsp3) is 0.350. The Balaban J connectivity index is 1.39. The number of nitrogens with zero attached hydrogens (tertiary/aromatic N) is 1. The molecule has 0 saturated carbocycles. The average Bonchev–Trinajstić information content (AvgIpc) is 3.29. The summed E-state index contributed by atoms with van der Waals surface area (Å²) >= 11 is 1.05. The fourth-order valence-electron chi connectivity index (χ4n) is 3.54. The lowest BCUT2D eigenvalue weighted by Crippen LogP contribution is -2.43. The van der Waals surface area contributed by atoms with Crippen LogP contribution in [0.1, 0.15) is 24.1 Å². The van der Waals surface area contributed by atoms with E-state index in [9.17, 15) is 9.59 Å². The van der Waals surface area contributed by atoms with E-state index in [-0.39, 0.29) is 21.9 Å². The minimum absolute atomic E-state index is 0.213. The molecular weight excluding hydrogens is 362 g/mol. The molecule has 2 aromatic rings. The summed E-state index contributed by atoms with van der Waals surface area (Å²) in [5.74, 6) is 0.567. The highest BCUT2D eigenvalue weighted by atomic mass is 32.2. The summed E-state index contributed by atoms with van der Waals surface area (Å²) in [7, 11) is 0. The van der Waals surface area contributed by atoms with Crippen molar-refractivity contribution in [2.45, 2.75) is 30.1 Å². The Morgan fingerprint density at radius 1 is 1.19 bits per heavy atom. The van der Waals surface area contributed by atoms with Gasteiger partial charge in [-0.3, -0.25) is 19.9 Å². The molecule has 0 radical (unpaired) electrons. The van der Waals surface area contributed by atoms with Gasteiger partial charge in [0.1, 0.15) is 12.4 Å². The number of hydrogen-bond acceptors (Lipinski definition) is 6. The van der Waals surface area contributed by atoms with Gasteiger partial charge in [0.15, 0.2) is 0 Å². The predicted molar refractivity (Wildman–Crippen MR) is 104 cm³/mol. The summed E-state index contributed by atoms with van der Waals surface area (Å²) in [4.78, 5) is 27.5. The maximum Gasteiger partial charge on any atom is 0.286 e. The van der Waals surface area contributed by atoms with Crippen molar-refractivity contribution in [3.63, 3.8) is 0 Å². The first-order valence-electron chi connectivity index (χ1n) is 9.04. The third-order valence-electron chi connectivity index (χ3n) is 5.00. The Morgan fingerprint density at radius 3 is 2.67 bits per heavy atom. The second kappa shape index (κ2) is 7.70. The number of ether oxygens (including phenoxy) is 1. The van der Waals surface area contributed by atoms with Gasteiger partial charge in [-0.15, -0.1) is 0 Å². The van der Waals surface area contributed by atoms with Gasteiger partial charge in [-0.1, -0.05) is 30.0 Å². The second-order valence-electron chi connectivity index (χ2n) is 6.85. The van der Waals surface area contributed by atoms with E-state index in [1.165, 1.54) is 0 Å². The molecule has 0 aliphatic carbocycles. The van der Waals surface area contributed by atoms with Crippen LogP contribution in [0.25, 0.3) is 0 Å². The number of carbonyl (C=O) groups excluding carboxylic acids is 2. The first-order chi connectivity index (χ1) is 13.1. The first-order valence-corrected chi connectivity index (χ1v) is 9.92. The molecule has 1 aromatic heterocycles. The third-order valence-corrected chi connectivity index (χ3v) is 5.98. The van der Waals surface area contributed by atoms with Crippen LogP contribution in [0.15, 0.2) is 48.7 Å². The lowest BCUT2D eigenvalue weighted by atomic mass is 9.93. The Hall–Kier alpha value is -2.38. The van der Waals surface area contributed by atoms with E-state index in [1.807, 2.05) is 48.7 Å². The lowest BCUT2D eigenvalue weighted by molar-refractivity contribution is -0.118. The highest BCUT2D eigenvalue weighted by Crippen LogP contribution is 2.31. The number of amides is 2. The molecule has 1 aromatic carbocycles. The SMILES string of the molecule is O=C1NC(=O)C(Cc2ccc(OC[C@]3(c4ccccn4)CCCN3)cc2)S1. The highest BCUT2D eigenvalue weighted by molar-refractivity contribution is 8.15. The predicted octanol–water partition coefficient (Wildman–Crippen LogP) is 2.63. The summed E-state index contributed by atoms with van der Waals surface area (Å²) in [6, 6.07) is 13.7. The van der Waals surface area contributed by atoms with E-state index < -0.39 is 0 Å². The number of carbonyl (C=O) groups is 2. The van der Waals surface area contributed by atoms with Crippen LogP contribution in [-0.4, -0.2) is 34.5 Å². The Morgan fingerprint density at radius 2 is 2.04 bits per heavy atom. The van der Waals surface area contributed by atoms with Gasteiger partial charge in [0.05, 0.1) is 16.5 Å². The molecule has 27 heavy (non-hydrogen) atoms. The number of aromatic nitrogens is 1. The van der Waals surface area contributed by atoms with Crippen molar-refractivity contribution in [3.8, 4) is 5.75 Å². The van der Waals surface area contributed by atoms with Crippen molar-refractivity contribution in [1.82, 2.24) is 15.6 Å². The number of hydrogen-bond donors (Lipinski definition) is 2. The van der Waals surface area contributed by atoms with Gasteiger partial charge >= 0.3 is 0 Å². The molecular formula is C20H21N3O3S. The molecule has 2 atom stereocenters. The molecule has 6 nitrogen and oxygen atoms in total. The van der Waals surface area contributed by atoms with E-state index in [0.29, 0.717) is 13.0 Å². The molecule has 2 amide bonds. The number of pyridine rings is 1. The summed E-state index contributed by atoms with van der Waals surface area (Å²) in [5, 5.41) is 5.26. The molecule has 7 heteroatoms. The molecule has 140 valence electrons. The van der Waals surface area contributed by atoms with Gasteiger partial charge in [0.25, 0.3) is 5.24 Å². The van der Waals surface area contributed by atoms with Gasteiger partial charge in [0.2, 0.25) is 5.91 Å². The van der Waals surface area contributed by atoms with E-state index in [0.717, 1.165) is 48.2 Å². The van der Waals surface area contributed by atoms with E-state index in [2.05, 4.69) is 15.6 Å². The molecule has 1 unspecified atom stereocenters. The van der Waals surface area contributed by atoms with E-state index in [1.54, 1.807) is 0 Å². The van der Waals surface area contributed by atoms with Gasteiger partial charge in [-0.25, -0.2) is 0 Å². The second-order valence-corrected chi connectivity index (χ2v) is 8.02. The van der Waals surface area contributed by atoms with Crippen molar-refractivity contribution in [2.75, 3.05) is 13.2 Å². The Kier molecular flexibility index (Phi) is 5.13. The van der Waals surface area contributed by atoms with Crippen LogP contribution in [0.5, 0.6) is 5.75 Å². The van der Waals surface area contributed by atoms with Crippen LogP contribution in [0.2, 0.25) is 0 Å². The van der Waals surface area contributed by atoms with Crippen LogP contribution in [0, 0.1) is 0 Å². The molecule has 2 aliphatic rings. The number of benzene rings is 1. The molecule has 0 spiro atoms. The number of imide groups is 1. The number of rotatable bonds is 6. The average molecular weight is 383 g/mol. The zero-order valence-electron chi connectivity index (χ0n) is 14.8. The third kappa shape index (κ3) is 3.99. The monoisotopic (exact) mass is 383 g/mol. The molecule has 2 aliphatic heterocycles. The summed E-state index contributed by atoms with van der Waals surface area (Å²) in [6.07, 6.45) is 4.43. The van der Waals surface area contributed by atoms with Crippen LogP contribution in [0.4, 0.5) is 4.79 Å². The summed E-state index contributed by atoms with van der Waals surface area (Å²) in [6.45, 7) is 1.47. The lowest BCUT2D eigenvalue weighted by Gasteiger charge is -2.29. The standard InChI is InChI=1S/C20H21N3O3S/c24-18-16(27-19(25)23-18)12-14-5-7-15(8-6-14)26-13-20(9-3-11-22-20)17-4-1-2-10-21-17/h1-2,4-8,10,16,22H,3,9,11-13H2,(H,23,24,25)/t16?,20-/m0/s1. The number of nitrogens with one attached hydrogen (secondary N) is 2. The highest BCUT2D eigenvalue weighted by Gasteiger charge is 2.37. The zero-order chi connectivity index (χ0) is 18.7.